The van der Waals surface area contributed by atoms with Gasteiger partial charge in [-0.05, 0) is 71.9 Å². The molecular weight excluding hydrogens is 254 g/mol. The molecule has 2 N–H and O–H groups in total. The van der Waals surface area contributed by atoms with Gasteiger partial charge >= 0.3 is 0 Å². The number of rotatable bonds is 2. The van der Waals surface area contributed by atoms with E-state index in [9.17, 15) is 5.11 Å². The highest BCUT2D eigenvalue weighted by Gasteiger charge is 2.18. The van der Waals surface area contributed by atoms with Crippen molar-refractivity contribution in [3.8, 4) is 5.75 Å². The molecule has 82 valence electrons. The lowest BCUT2D eigenvalue weighted by atomic mass is 9.95. The fourth-order valence-corrected chi connectivity index (χ4v) is 2.52. The van der Waals surface area contributed by atoms with E-state index in [0.29, 0.717) is 11.7 Å². The van der Waals surface area contributed by atoms with Crippen LogP contribution in [0.1, 0.15) is 17.5 Å². The normalized spacial score (nSPS) is 20.8. The quantitative estimate of drug-likeness (QED) is 0.865. The van der Waals surface area contributed by atoms with E-state index >= 15 is 0 Å². The molecule has 0 radical (unpaired) electrons. The van der Waals surface area contributed by atoms with E-state index in [2.05, 4.69) is 34.2 Å². The van der Waals surface area contributed by atoms with Gasteiger partial charge in [0.05, 0.1) is 4.47 Å². The molecule has 0 aliphatic carbocycles. The Kier molecular flexibility index (Phi) is 3.32. The minimum absolute atomic E-state index is 0.418. The number of hydrogen-bond acceptors (Lipinski definition) is 2. The smallest absolute Gasteiger partial charge is 0.133 e. The van der Waals surface area contributed by atoms with Gasteiger partial charge in [-0.1, -0.05) is 6.07 Å². The molecule has 2 nitrogen and oxygen atoms in total. The zero-order valence-corrected chi connectivity index (χ0v) is 10.5. The molecule has 2 rings (SSSR count). The van der Waals surface area contributed by atoms with Crippen molar-refractivity contribution >= 4 is 15.9 Å². The first-order valence-corrected chi connectivity index (χ1v) is 6.15. The van der Waals surface area contributed by atoms with Gasteiger partial charge in [0.2, 0.25) is 0 Å². The Morgan fingerprint density at radius 3 is 3.00 bits per heavy atom. The number of phenols is 1. The standard InChI is InChI=1S/C12H16BrNO/c1-8-2-3-11(13)12(15)10(8)6-9-4-5-14-7-9/h2-3,9,14-15H,4-7H2,1H3. The van der Waals surface area contributed by atoms with Crippen molar-refractivity contribution in [2.75, 3.05) is 13.1 Å². The molecule has 0 bridgehead atoms. The second-order valence-corrected chi connectivity index (χ2v) is 5.11. The highest BCUT2D eigenvalue weighted by atomic mass is 79.9. The molecule has 3 heteroatoms. The van der Waals surface area contributed by atoms with Gasteiger partial charge in [0.25, 0.3) is 0 Å². The summed E-state index contributed by atoms with van der Waals surface area (Å²) in [5.74, 6) is 1.09. The Morgan fingerprint density at radius 1 is 1.53 bits per heavy atom. The van der Waals surface area contributed by atoms with Crippen molar-refractivity contribution in [3.05, 3.63) is 27.7 Å². The molecule has 1 aromatic carbocycles. The average molecular weight is 270 g/mol. The molecule has 1 aliphatic rings. The van der Waals surface area contributed by atoms with E-state index in [4.69, 9.17) is 0 Å². The van der Waals surface area contributed by atoms with Crippen molar-refractivity contribution < 1.29 is 5.11 Å². The lowest BCUT2D eigenvalue weighted by Gasteiger charge is -2.13. The summed E-state index contributed by atoms with van der Waals surface area (Å²) in [5.41, 5.74) is 2.28. The van der Waals surface area contributed by atoms with Crippen molar-refractivity contribution in [1.82, 2.24) is 5.32 Å². The SMILES string of the molecule is Cc1ccc(Br)c(O)c1CC1CCNC1. The van der Waals surface area contributed by atoms with E-state index < -0.39 is 0 Å². The van der Waals surface area contributed by atoms with Crippen LogP contribution in [0.5, 0.6) is 5.75 Å². The summed E-state index contributed by atoms with van der Waals surface area (Å²) in [4.78, 5) is 0. The summed E-state index contributed by atoms with van der Waals surface area (Å²) in [7, 11) is 0. The number of halogens is 1. The Bertz CT molecular complexity index is 359. The van der Waals surface area contributed by atoms with E-state index in [1.165, 1.54) is 12.0 Å². The average Bonchev–Trinajstić information content (AvgIpc) is 2.71. The summed E-state index contributed by atoms with van der Waals surface area (Å²) in [5, 5.41) is 13.3. The molecule has 1 heterocycles. The van der Waals surface area contributed by atoms with Crippen LogP contribution < -0.4 is 5.32 Å². The first-order valence-electron chi connectivity index (χ1n) is 5.36. The lowest BCUT2D eigenvalue weighted by Crippen LogP contribution is -2.11. The Morgan fingerprint density at radius 2 is 2.33 bits per heavy atom. The minimum atomic E-state index is 0.418. The van der Waals surface area contributed by atoms with Crippen LogP contribution in [0.25, 0.3) is 0 Å². The van der Waals surface area contributed by atoms with Gasteiger partial charge in [-0.15, -0.1) is 0 Å². The fraction of sp³-hybridized carbons (Fsp3) is 0.500. The number of aromatic hydroxyl groups is 1. The second kappa shape index (κ2) is 4.54. The van der Waals surface area contributed by atoms with Gasteiger partial charge < -0.3 is 10.4 Å². The molecule has 1 unspecified atom stereocenters. The molecule has 0 spiro atoms. The minimum Gasteiger partial charge on any atom is -0.506 e. The predicted molar refractivity (Wildman–Crippen MR) is 65.2 cm³/mol. The van der Waals surface area contributed by atoms with Crippen LogP contribution in [0.2, 0.25) is 0 Å². The number of phenolic OH excluding ortho intramolecular Hbond substituents is 1. The molecule has 1 saturated heterocycles. The van der Waals surface area contributed by atoms with Gasteiger partial charge in [0.1, 0.15) is 5.75 Å². The van der Waals surface area contributed by atoms with Gasteiger partial charge in [-0.2, -0.15) is 0 Å². The molecule has 0 amide bonds. The van der Waals surface area contributed by atoms with E-state index in [1.807, 2.05) is 6.07 Å². The topological polar surface area (TPSA) is 32.3 Å². The molecular formula is C12H16BrNO. The van der Waals surface area contributed by atoms with Crippen LogP contribution in [-0.4, -0.2) is 18.2 Å². The highest BCUT2D eigenvalue weighted by Crippen LogP contribution is 2.32. The fourth-order valence-electron chi connectivity index (χ4n) is 2.14. The van der Waals surface area contributed by atoms with E-state index in [0.717, 1.165) is 29.5 Å². The van der Waals surface area contributed by atoms with Crippen LogP contribution in [0, 0.1) is 12.8 Å². The molecule has 1 aliphatic heterocycles. The third-order valence-electron chi connectivity index (χ3n) is 3.12. The van der Waals surface area contributed by atoms with E-state index in [-0.39, 0.29) is 0 Å². The molecule has 0 saturated carbocycles. The molecule has 0 aromatic heterocycles. The Labute approximate surface area is 98.8 Å². The number of hydrogen-bond donors (Lipinski definition) is 2. The zero-order valence-electron chi connectivity index (χ0n) is 8.89. The largest absolute Gasteiger partial charge is 0.506 e. The van der Waals surface area contributed by atoms with Crippen LogP contribution in [-0.2, 0) is 6.42 Å². The Hall–Kier alpha value is -0.540. The third-order valence-corrected chi connectivity index (χ3v) is 3.76. The third kappa shape index (κ3) is 2.34. The summed E-state index contributed by atoms with van der Waals surface area (Å²) in [6.07, 6.45) is 2.19. The summed E-state index contributed by atoms with van der Waals surface area (Å²) >= 11 is 3.36. The monoisotopic (exact) mass is 269 g/mol. The summed E-state index contributed by atoms with van der Waals surface area (Å²) in [6, 6.07) is 3.96. The number of nitrogens with one attached hydrogen (secondary N) is 1. The van der Waals surface area contributed by atoms with Crippen LogP contribution in [0.15, 0.2) is 16.6 Å². The number of aryl methyl sites for hydroxylation is 1. The van der Waals surface area contributed by atoms with Gasteiger partial charge in [-0.25, -0.2) is 0 Å². The maximum absolute atomic E-state index is 9.97. The van der Waals surface area contributed by atoms with Crippen molar-refractivity contribution in [3.63, 3.8) is 0 Å². The van der Waals surface area contributed by atoms with Crippen molar-refractivity contribution in [1.29, 1.82) is 0 Å². The first kappa shape index (κ1) is 11.0. The summed E-state index contributed by atoms with van der Waals surface area (Å²) in [6.45, 7) is 4.24. The molecule has 1 fully saturated rings. The number of benzene rings is 1. The summed E-state index contributed by atoms with van der Waals surface area (Å²) < 4.78 is 0.800. The Balaban J connectivity index is 2.22. The van der Waals surface area contributed by atoms with Gasteiger partial charge in [-0.3, -0.25) is 0 Å². The lowest BCUT2D eigenvalue weighted by molar-refractivity contribution is 0.455. The van der Waals surface area contributed by atoms with Crippen molar-refractivity contribution in [2.45, 2.75) is 19.8 Å². The molecule has 15 heavy (non-hydrogen) atoms. The van der Waals surface area contributed by atoms with Crippen LogP contribution >= 0.6 is 15.9 Å². The van der Waals surface area contributed by atoms with Crippen LogP contribution in [0.4, 0.5) is 0 Å². The first-order chi connectivity index (χ1) is 7.18. The van der Waals surface area contributed by atoms with Gasteiger partial charge in [0, 0.05) is 0 Å². The van der Waals surface area contributed by atoms with Gasteiger partial charge in [0.15, 0.2) is 0 Å². The predicted octanol–water partition coefficient (Wildman–Crippen LogP) is 2.62. The zero-order chi connectivity index (χ0) is 10.8. The molecule has 1 aromatic rings. The van der Waals surface area contributed by atoms with Crippen LogP contribution in [0.3, 0.4) is 0 Å². The molecule has 1 atom stereocenters. The maximum atomic E-state index is 9.97. The maximum Gasteiger partial charge on any atom is 0.133 e. The van der Waals surface area contributed by atoms with E-state index in [1.54, 1.807) is 0 Å². The van der Waals surface area contributed by atoms with Crippen molar-refractivity contribution in [2.24, 2.45) is 5.92 Å². The highest BCUT2D eigenvalue weighted by molar-refractivity contribution is 9.10. The second-order valence-electron chi connectivity index (χ2n) is 4.25.